The summed E-state index contributed by atoms with van der Waals surface area (Å²) in [6, 6.07) is -0.759. The Hall–Kier alpha value is -1.51. The lowest BCUT2D eigenvalue weighted by atomic mass is 9.98. The fraction of sp³-hybridized carbons (Fsp3) is 0.857. The van der Waals surface area contributed by atoms with E-state index in [-0.39, 0.29) is 37.9 Å². The van der Waals surface area contributed by atoms with E-state index < -0.39 is 29.4 Å². The highest BCUT2D eigenvalue weighted by atomic mass is 16.3. The van der Waals surface area contributed by atoms with Crippen molar-refractivity contribution in [3.63, 3.8) is 0 Å². The van der Waals surface area contributed by atoms with E-state index in [0.29, 0.717) is 6.04 Å². The fourth-order valence-corrected chi connectivity index (χ4v) is 4.34. The molecule has 0 bridgehead atoms. The number of carbonyl (C=O) groups excluding carboxylic acids is 3. The van der Waals surface area contributed by atoms with Gasteiger partial charge in [-0.1, -0.05) is 20.3 Å². The number of rotatable bonds is 9. The standard InChI is InChI=1S/C21H37N3O5/c1-5-8-14(3)23-10-7-9-16(23)20(28)24-13-15(25)11-17(24)19(27)22-12-18(26)21(4,29)6-2/h14-17,25,29H,5-13H2,1-4H3,(H,22,27). The quantitative estimate of drug-likeness (QED) is 0.508. The van der Waals surface area contributed by atoms with Crippen LogP contribution in [0.2, 0.25) is 0 Å². The van der Waals surface area contributed by atoms with Gasteiger partial charge in [-0.15, -0.1) is 0 Å². The van der Waals surface area contributed by atoms with Crippen molar-refractivity contribution >= 4 is 17.6 Å². The minimum atomic E-state index is -1.49. The van der Waals surface area contributed by atoms with Crippen LogP contribution in [0.1, 0.15) is 66.2 Å². The summed E-state index contributed by atoms with van der Waals surface area (Å²) in [5, 5.41) is 22.7. The summed E-state index contributed by atoms with van der Waals surface area (Å²) in [5.41, 5.74) is -1.49. The van der Waals surface area contributed by atoms with E-state index in [1.54, 1.807) is 6.92 Å². The van der Waals surface area contributed by atoms with Crippen LogP contribution in [0.15, 0.2) is 0 Å². The zero-order valence-corrected chi connectivity index (χ0v) is 18.2. The average Bonchev–Trinajstić information content (AvgIpc) is 3.32. The second kappa shape index (κ2) is 10.00. The SMILES string of the molecule is CCCC(C)N1CCCC1C(=O)N1CC(O)CC1C(=O)NCC(=O)C(C)(O)CC. The van der Waals surface area contributed by atoms with Gasteiger partial charge in [0.05, 0.1) is 18.7 Å². The van der Waals surface area contributed by atoms with Gasteiger partial charge in [0.15, 0.2) is 5.78 Å². The topological polar surface area (TPSA) is 110 Å². The first kappa shape index (κ1) is 23.8. The highest BCUT2D eigenvalue weighted by Gasteiger charge is 2.44. The van der Waals surface area contributed by atoms with Crippen molar-refractivity contribution in [3.05, 3.63) is 0 Å². The third-order valence-electron chi connectivity index (χ3n) is 6.43. The lowest BCUT2D eigenvalue weighted by molar-refractivity contribution is -0.143. The first-order valence-corrected chi connectivity index (χ1v) is 10.9. The van der Waals surface area contributed by atoms with E-state index in [9.17, 15) is 24.6 Å². The molecule has 5 atom stereocenters. The second-order valence-corrected chi connectivity index (χ2v) is 8.70. The molecule has 0 aromatic carbocycles. The number of aliphatic hydroxyl groups excluding tert-OH is 1. The van der Waals surface area contributed by atoms with Crippen LogP contribution in [0, 0.1) is 0 Å². The summed E-state index contributed by atoms with van der Waals surface area (Å²) in [7, 11) is 0. The molecule has 0 aromatic rings. The van der Waals surface area contributed by atoms with Gasteiger partial charge in [0.1, 0.15) is 11.6 Å². The average molecular weight is 412 g/mol. The van der Waals surface area contributed by atoms with Gasteiger partial charge >= 0.3 is 0 Å². The highest BCUT2D eigenvalue weighted by molar-refractivity contribution is 5.95. The minimum absolute atomic E-state index is 0.117. The molecule has 3 N–H and O–H groups in total. The van der Waals surface area contributed by atoms with Gasteiger partial charge in [-0.3, -0.25) is 19.3 Å². The smallest absolute Gasteiger partial charge is 0.243 e. The summed E-state index contributed by atoms with van der Waals surface area (Å²) in [4.78, 5) is 41.7. The molecule has 2 fully saturated rings. The molecule has 2 rings (SSSR count). The maximum atomic E-state index is 13.3. The van der Waals surface area contributed by atoms with Crippen molar-refractivity contribution < 1.29 is 24.6 Å². The monoisotopic (exact) mass is 411 g/mol. The molecule has 0 spiro atoms. The number of hydrogen-bond acceptors (Lipinski definition) is 6. The van der Waals surface area contributed by atoms with E-state index in [1.165, 1.54) is 11.8 Å². The van der Waals surface area contributed by atoms with E-state index in [0.717, 1.165) is 32.2 Å². The van der Waals surface area contributed by atoms with Gasteiger partial charge in [0.2, 0.25) is 11.8 Å². The molecule has 2 heterocycles. The van der Waals surface area contributed by atoms with Crippen molar-refractivity contribution in [1.82, 2.24) is 15.1 Å². The zero-order valence-electron chi connectivity index (χ0n) is 18.2. The number of Topliss-reactive ketones (excluding diaryl/α,β-unsaturated/α-hetero) is 1. The zero-order chi connectivity index (χ0) is 21.8. The predicted octanol–water partition coefficient (Wildman–Crippen LogP) is 0.448. The minimum Gasteiger partial charge on any atom is -0.391 e. The Bertz CT molecular complexity index is 609. The Balaban J connectivity index is 2.04. The van der Waals surface area contributed by atoms with E-state index in [4.69, 9.17) is 0 Å². The van der Waals surface area contributed by atoms with Crippen molar-refractivity contribution in [2.75, 3.05) is 19.6 Å². The third kappa shape index (κ3) is 5.55. The molecule has 8 nitrogen and oxygen atoms in total. The van der Waals surface area contributed by atoms with Crippen LogP contribution in [0.5, 0.6) is 0 Å². The van der Waals surface area contributed by atoms with E-state index in [1.807, 2.05) is 0 Å². The van der Waals surface area contributed by atoms with Crippen molar-refractivity contribution in [2.45, 2.75) is 96.1 Å². The van der Waals surface area contributed by atoms with Crippen LogP contribution in [-0.4, -0.2) is 87.1 Å². The lowest BCUT2D eigenvalue weighted by Gasteiger charge is -2.34. The third-order valence-corrected chi connectivity index (χ3v) is 6.43. The number of nitrogens with zero attached hydrogens (tertiary/aromatic N) is 2. The van der Waals surface area contributed by atoms with Crippen LogP contribution < -0.4 is 5.32 Å². The number of ketones is 1. The number of likely N-dealkylation sites (tertiary alicyclic amines) is 2. The van der Waals surface area contributed by atoms with E-state index >= 15 is 0 Å². The summed E-state index contributed by atoms with van der Waals surface area (Å²) >= 11 is 0. The molecule has 8 heteroatoms. The van der Waals surface area contributed by atoms with Gasteiger partial charge in [-0.05, 0) is 46.1 Å². The molecule has 2 saturated heterocycles. The Morgan fingerprint density at radius 1 is 1.24 bits per heavy atom. The Morgan fingerprint density at radius 3 is 2.55 bits per heavy atom. The highest BCUT2D eigenvalue weighted by Crippen LogP contribution is 2.27. The molecule has 5 unspecified atom stereocenters. The van der Waals surface area contributed by atoms with Crippen LogP contribution in [0.25, 0.3) is 0 Å². The van der Waals surface area contributed by atoms with Crippen LogP contribution in [-0.2, 0) is 14.4 Å². The molecule has 2 amide bonds. The molecule has 0 radical (unpaired) electrons. The molecular weight excluding hydrogens is 374 g/mol. The largest absolute Gasteiger partial charge is 0.391 e. The predicted molar refractivity (Wildman–Crippen MR) is 109 cm³/mol. The maximum Gasteiger partial charge on any atom is 0.243 e. The van der Waals surface area contributed by atoms with Crippen molar-refractivity contribution in [1.29, 1.82) is 0 Å². The van der Waals surface area contributed by atoms with Gasteiger partial charge in [0.25, 0.3) is 0 Å². The number of aliphatic hydroxyl groups is 2. The van der Waals surface area contributed by atoms with Crippen LogP contribution in [0.4, 0.5) is 0 Å². The Kier molecular flexibility index (Phi) is 8.19. The first-order valence-electron chi connectivity index (χ1n) is 10.9. The number of hydrogen-bond donors (Lipinski definition) is 3. The first-order chi connectivity index (χ1) is 13.6. The second-order valence-electron chi connectivity index (χ2n) is 8.70. The molecular formula is C21H37N3O5. The molecule has 0 aliphatic carbocycles. The van der Waals surface area contributed by atoms with Crippen molar-refractivity contribution in [2.24, 2.45) is 0 Å². The molecule has 29 heavy (non-hydrogen) atoms. The molecule has 2 aliphatic rings. The molecule has 0 aromatic heterocycles. The number of nitrogens with one attached hydrogen (secondary N) is 1. The Morgan fingerprint density at radius 2 is 1.93 bits per heavy atom. The molecule has 2 aliphatic heterocycles. The summed E-state index contributed by atoms with van der Waals surface area (Å²) in [5.74, 6) is -1.05. The molecule has 0 saturated carbocycles. The van der Waals surface area contributed by atoms with E-state index in [2.05, 4.69) is 24.1 Å². The normalized spacial score (nSPS) is 28.2. The summed E-state index contributed by atoms with van der Waals surface area (Å²) < 4.78 is 0. The summed E-state index contributed by atoms with van der Waals surface area (Å²) in [6.45, 7) is 8.07. The van der Waals surface area contributed by atoms with Gasteiger partial charge in [-0.2, -0.15) is 0 Å². The maximum absolute atomic E-state index is 13.3. The van der Waals surface area contributed by atoms with Gasteiger partial charge in [-0.25, -0.2) is 0 Å². The van der Waals surface area contributed by atoms with Crippen LogP contribution in [0.3, 0.4) is 0 Å². The van der Waals surface area contributed by atoms with Crippen LogP contribution >= 0.6 is 0 Å². The lowest BCUT2D eigenvalue weighted by Crippen LogP contribution is -2.54. The Labute approximate surface area is 173 Å². The van der Waals surface area contributed by atoms with Gasteiger partial charge in [0, 0.05) is 19.0 Å². The molecule has 166 valence electrons. The number of β-amino-alcohol motifs (C(OH)–C–C–N with tert-alkyl or cyclic N) is 1. The number of amides is 2. The fourth-order valence-electron chi connectivity index (χ4n) is 4.34. The van der Waals surface area contributed by atoms with Crippen molar-refractivity contribution in [3.8, 4) is 0 Å². The van der Waals surface area contributed by atoms with Gasteiger partial charge < -0.3 is 20.4 Å². The summed E-state index contributed by atoms with van der Waals surface area (Å²) in [6.07, 6.45) is 3.41. The number of carbonyl (C=O) groups is 3.